The number of rotatable bonds is 7. The first-order valence-corrected chi connectivity index (χ1v) is 12.6. The predicted octanol–water partition coefficient (Wildman–Crippen LogP) is 4.54. The summed E-state index contributed by atoms with van der Waals surface area (Å²) in [6, 6.07) is 10.9. The van der Waals surface area contributed by atoms with E-state index in [4.69, 9.17) is 0 Å². The third kappa shape index (κ3) is 4.35. The van der Waals surface area contributed by atoms with E-state index >= 15 is 0 Å². The van der Waals surface area contributed by atoms with E-state index in [1.165, 1.54) is 16.0 Å². The van der Waals surface area contributed by atoms with Crippen LogP contribution >= 0.6 is 22.7 Å². The number of thiazole rings is 1. The Morgan fingerprint density at radius 3 is 2.90 bits per heavy atom. The van der Waals surface area contributed by atoms with Gasteiger partial charge in [-0.15, -0.1) is 22.7 Å². The molecule has 1 atom stereocenters. The van der Waals surface area contributed by atoms with Crippen LogP contribution in [0.1, 0.15) is 34.5 Å². The Bertz CT molecular complexity index is 1210. The molecule has 0 radical (unpaired) electrons. The van der Waals surface area contributed by atoms with E-state index in [1.54, 1.807) is 33.6 Å². The third-order valence-corrected chi connectivity index (χ3v) is 8.03. The molecule has 7 heteroatoms. The molecule has 0 amide bonds. The predicted molar refractivity (Wildman–Crippen MR) is 128 cm³/mol. The minimum atomic E-state index is 0.129. The molecule has 0 saturated carbocycles. The summed E-state index contributed by atoms with van der Waals surface area (Å²) < 4.78 is 1.80. The molecular formula is C24H26N4OS2. The lowest BCUT2D eigenvalue weighted by atomic mass is 9.92. The molecule has 5 rings (SSSR count). The summed E-state index contributed by atoms with van der Waals surface area (Å²) in [5, 5.41) is 2.98. The second-order valence-electron chi connectivity index (χ2n) is 8.31. The highest BCUT2D eigenvalue weighted by molar-refractivity contribution is 7.18. The van der Waals surface area contributed by atoms with Crippen LogP contribution in [0, 0.1) is 0 Å². The maximum atomic E-state index is 13.2. The number of fused-ring (bicyclic) bond motifs is 3. The van der Waals surface area contributed by atoms with Gasteiger partial charge in [-0.1, -0.05) is 30.3 Å². The van der Waals surface area contributed by atoms with Gasteiger partial charge in [-0.25, -0.2) is 9.97 Å². The zero-order valence-corrected chi connectivity index (χ0v) is 19.3. The Kier molecular flexibility index (Phi) is 5.98. The monoisotopic (exact) mass is 450 g/mol. The lowest BCUT2D eigenvalue weighted by molar-refractivity contribution is 0.213. The maximum absolute atomic E-state index is 13.2. The zero-order valence-electron chi connectivity index (χ0n) is 17.7. The van der Waals surface area contributed by atoms with Crippen LogP contribution in [0.25, 0.3) is 10.2 Å². The van der Waals surface area contributed by atoms with Crippen molar-refractivity contribution in [3.05, 3.63) is 79.6 Å². The number of hydrogen-bond acceptors (Lipinski definition) is 6. The average molecular weight is 451 g/mol. The molecule has 3 heterocycles. The SMILES string of the molecule is CN(Cc1cscn1)[C@@H]1CCc2c(sc3ncn(CCCc4ccccc4)c(=O)c23)C1. The smallest absolute Gasteiger partial charge is 0.262 e. The van der Waals surface area contributed by atoms with Crippen LogP contribution in [0.3, 0.4) is 0 Å². The van der Waals surface area contributed by atoms with Gasteiger partial charge in [0.15, 0.2) is 0 Å². The molecule has 1 aromatic carbocycles. The van der Waals surface area contributed by atoms with E-state index in [1.807, 2.05) is 11.6 Å². The fraction of sp³-hybridized carbons (Fsp3) is 0.375. The molecule has 0 unspecified atom stereocenters. The van der Waals surface area contributed by atoms with E-state index in [-0.39, 0.29) is 5.56 Å². The Balaban J connectivity index is 1.31. The summed E-state index contributed by atoms with van der Waals surface area (Å²) >= 11 is 3.35. The lowest BCUT2D eigenvalue weighted by Gasteiger charge is -2.30. The van der Waals surface area contributed by atoms with Gasteiger partial charge >= 0.3 is 0 Å². The Morgan fingerprint density at radius 2 is 2.10 bits per heavy atom. The van der Waals surface area contributed by atoms with Crippen LogP contribution in [0.4, 0.5) is 0 Å². The van der Waals surface area contributed by atoms with Crippen molar-refractivity contribution in [1.82, 2.24) is 19.4 Å². The second kappa shape index (κ2) is 9.02. The second-order valence-corrected chi connectivity index (χ2v) is 10.1. The fourth-order valence-electron chi connectivity index (χ4n) is 4.52. The van der Waals surface area contributed by atoms with Crippen molar-refractivity contribution in [2.75, 3.05) is 7.05 Å². The molecular weight excluding hydrogens is 424 g/mol. The molecule has 1 aliphatic rings. The van der Waals surface area contributed by atoms with Crippen molar-refractivity contribution in [1.29, 1.82) is 0 Å². The van der Waals surface area contributed by atoms with Crippen LogP contribution in [-0.4, -0.2) is 32.5 Å². The van der Waals surface area contributed by atoms with Gasteiger partial charge in [0, 0.05) is 29.4 Å². The summed E-state index contributed by atoms with van der Waals surface area (Å²) in [5.41, 5.74) is 5.71. The van der Waals surface area contributed by atoms with Gasteiger partial charge in [-0.05, 0) is 50.3 Å². The number of thiophene rings is 1. The Morgan fingerprint density at radius 1 is 1.23 bits per heavy atom. The highest BCUT2D eigenvalue weighted by Crippen LogP contribution is 2.35. The topological polar surface area (TPSA) is 51.0 Å². The number of aromatic nitrogens is 3. The Labute approximate surface area is 190 Å². The summed E-state index contributed by atoms with van der Waals surface area (Å²) in [5.74, 6) is 0. The largest absolute Gasteiger partial charge is 0.299 e. The molecule has 0 saturated heterocycles. The van der Waals surface area contributed by atoms with Gasteiger partial charge < -0.3 is 0 Å². The summed E-state index contributed by atoms with van der Waals surface area (Å²) in [4.78, 5) is 27.0. The van der Waals surface area contributed by atoms with Crippen molar-refractivity contribution >= 4 is 32.9 Å². The van der Waals surface area contributed by atoms with E-state index < -0.39 is 0 Å². The van der Waals surface area contributed by atoms with E-state index in [2.05, 4.69) is 51.6 Å². The molecule has 1 aliphatic carbocycles. The number of likely N-dealkylation sites (N-methyl/N-ethyl adjacent to an activating group) is 1. The standard InChI is InChI=1S/C24H26N4OS2/c1-27(13-18-14-30-16-26-18)19-9-10-20-21(12-19)31-23-22(20)24(29)28(15-25-23)11-5-8-17-6-3-2-4-7-17/h2-4,6-7,14-16,19H,5,8-13H2,1H3/t19-/m1/s1. The van der Waals surface area contributed by atoms with Crippen LogP contribution < -0.4 is 5.56 Å². The molecule has 31 heavy (non-hydrogen) atoms. The number of nitrogens with zero attached hydrogens (tertiary/aromatic N) is 4. The summed E-state index contributed by atoms with van der Waals surface area (Å²) in [6.45, 7) is 1.58. The van der Waals surface area contributed by atoms with Crippen molar-refractivity contribution < 1.29 is 0 Å². The first-order chi connectivity index (χ1) is 15.2. The molecule has 5 nitrogen and oxygen atoms in total. The van der Waals surface area contributed by atoms with Crippen LogP contribution in [0.15, 0.2) is 52.3 Å². The quantitative estimate of drug-likeness (QED) is 0.415. The van der Waals surface area contributed by atoms with E-state index in [0.717, 1.165) is 54.6 Å². The molecule has 4 aromatic rings. The van der Waals surface area contributed by atoms with Crippen LogP contribution in [-0.2, 0) is 32.4 Å². The number of benzene rings is 1. The van der Waals surface area contributed by atoms with Gasteiger partial charge in [0.25, 0.3) is 5.56 Å². The lowest BCUT2D eigenvalue weighted by Crippen LogP contribution is -2.35. The van der Waals surface area contributed by atoms with Gasteiger partial charge in [-0.2, -0.15) is 0 Å². The van der Waals surface area contributed by atoms with Crippen molar-refractivity contribution in [3.63, 3.8) is 0 Å². The molecule has 3 aromatic heterocycles. The average Bonchev–Trinajstić information content (AvgIpc) is 3.43. The van der Waals surface area contributed by atoms with Crippen LogP contribution in [0.5, 0.6) is 0 Å². The Hall–Kier alpha value is -2.35. The first-order valence-electron chi connectivity index (χ1n) is 10.8. The van der Waals surface area contributed by atoms with Crippen LogP contribution in [0.2, 0.25) is 0 Å². The van der Waals surface area contributed by atoms with Gasteiger partial charge in [0.05, 0.1) is 22.9 Å². The molecule has 0 N–H and O–H groups in total. The minimum absolute atomic E-state index is 0.129. The number of hydrogen-bond donors (Lipinski definition) is 0. The number of aryl methyl sites for hydroxylation is 3. The summed E-state index contributed by atoms with van der Waals surface area (Å²) in [6.07, 6.45) is 6.66. The molecule has 0 bridgehead atoms. The maximum Gasteiger partial charge on any atom is 0.262 e. The van der Waals surface area contributed by atoms with Crippen molar-refractivity contribution in [2.45, 2.75) is 51.2 Å². The van der Waals surface area contributed by atoms with Gasteiger partial charge in [0.2, 0.25) is 0 Å². The normalized spacial score (nSPS) is 16.1. The highest BCUT2D eigenvalue weighted by atomic mass is 32.1. The fourth-order valence-corrected chi connectivity index (χ4v) is 6.32. The highest BCUT2D eigenvalue weighted by Gasteiger charge is 2.27. The molecule has 160 valence electrons. The molecule has 0 spiro atoms. The minimum Gasteiger partial charge on any atom is -0.299 e. The summed E-state index contributed by atoms with van der Waals surface area (Å²) in [7, 11) is 2.18. The first kappa shape index (κ1) is 20.5. The van der Waals surface area contributed by atoms with E-state index in [0.29, 0.717) is 12.6 Å². The molecule has 0 aliphatic heterocycles. The molecule has 0 fully saturated rings. The van der Waals surface area contributed by atoms with Gasteiger partial charge in [0.1, 0.15) is 4.83 Å². The van der Waals surface area contributed by atoms with E-state index in [9.17, 15) is 4.79 Å². The van der Waals surface area contributed by atoms with Crippen molar-refractivity contribution in [2.24, 2.45) is 0 Å². The van der Waals surface area contributed by atoms with Gasteiger partial charge in [-0.3, -0.25) is 14.3 Å². The zero-order chi connectivity index (χ0) is 21.2. The third-order valence-electron chi connectivity index (χ3n) is 6.24. The van der Waals surface area contributed by atoms with Crippen molar-refractivity contribution in [3.8, 4) is 0 Å².